The van der Waals surface area contributed by atoms with Gasteiger partial charge in [-0.05, 0) is 18.6 Å². The molecular formula is C8H9NO2. The van der Waals surface area contributed by atoms with Crippen molar-refractivity contribution in [2.75, 3.05) is 7.11 Å². The van der Waals surface area contributed by atoms with Gasteiger partial charge in [0.1, 0.15) is 0 Å². The molecule has 0 fully saturated rings. The monoisotopic (exact) mass is 151 g/mol. The summed E-state index contributed by atoms with van der Waals surface area (Å²) >= 11 is 0. The molecule has 11 heavy (non-hydrogen) atoms. The first-order chi connectivity index (χ1) is 5.25. The Morgan fingerprint density at radius 3 is 2.91 bits per heavy atom. The minimum absolute atomic E-state index is 0.384. The molecule has 0 saturated carbocycles. The van der Waals surface area contributed by atoms with E-state index in [2.05, 4.69) is 9.72 Å². The van der Waals surface area contributed by atoms with Gasteiger partial charge in [-0.1, -0.05) is 6.07 Å². The van der Waals surface area contributed by atoms with Gasteiger partial charge >= 0.3 is 5.97 Å². The standard InChI is InChI=1S/C8H9NO2/c1-6-4-3-5-9-7(6)8(10)11-2/h3-5H,1-2H3. The summed E-state index contributed by atoms with van der Waals surface area (Å²) < 4.78 is 4.52. The highest BCUT2D eigenvalue weighted by Gasteiger charge is 2.08. The number of rotatable bonds is 1. The van der Waals surface area contributed by atoms with Crippen LogP contribution in [0.5, 0.6) is 0 Å². The van der Waals surface area contributed by atoms with Crippen molar-refractivity contribution < 1.29 is 9.53 Å². The second-order valence-corrected chi connectivity index (χ2v) is 2.16. The highest BCUT2D eigenvalue weighted by atomic mass is 16.5. The second-order valence-electron chi connectivity index (χ2n) is 2.16. The molecule has 0 aliphatic carbocycles. The Bertz CT molecular complexity index is 271. The highest BCUT2D eigenvalue weighted by Crippen LogP contribution is 2.03. The van der Waals surface area contributed by atoms with E-state index in [0.29, 0.717) is 5.69 Å². The van der Waals surface area contributed by atoms with Crippen LogP contribution in [0.4, 0.5) is 0 Å². The molecule has 0 N–H and O–H groups in total. The van der Waals surface area contributed by atoms with Gasteiger partial charge in [0, 0.05) is 6.20 Å². The molecule has 0 radical (unpaired) electrons. The molecule has 1 aromatic rings. The lowest BCUT2D eigenvalue weighted by Crippen LogP contribution is -2.05. The minimum Gasteiger partial charge on any atom is -0.464 e. The van der Waals surface area contributed by atoms with Crippen molar-refractivity contribution in [3.63, 3.8) is 0 Å². The van der Waals surface area contributed by atoms with E-state index in [1.807, 2.05) is 13.0 Å². The van der Waals surface area contributed by atoms with Crippen molar-refractivity contribution in [1.29, 1.82) is 0 Å². The molecule has 3 heteroatoms. The van der Waals surface area contributed by atoms with Gasteiger partial charge in [-0.3, -0.25) is 0 Å². The Balaban J connectivity index is 3.03. The van der Waals surface area contributed by atoms with Crippen molar-refractivity contribution in [2.24, 2.45) is 0 Å². The van der Waals surface area contributed by atoms with Gasteiger partial charge in [0.25, 0.3) is 0 Å². The summed E-state index contributed by atoms with van der Waals surface area (Å²) in [7, 11) is 1.34. The van der Waals surface area contributed by atoms with Crippen LogP contribution in [0, 0.1) is 6.92 Å². The number of carbonyl (C=O) groups is 1. The number of pyridine rings is 1. The first kappa shape index (κ1) is 7.72. The van der Waals surface area contributed by atoms with Gasteiger partial charge in [-0.15, -0.1) is 0 Å². The molecule has 0 spiro atoms. The van der Waals surface area contributed by atoms with Gasteiger partial charge in [0.15, 0.2) is 5.69 Å². The summed E-state index contributed by atoms with van der Waals surface area (Å²) in [6.07, 6.45) is 1.57. The number of aryl methyl sites for hydroxylation is 1. The minimum atomic E-state index is -0.386. The average molecular weight is 151 g/mol. The number of methoxy groups -OCH3 is 1. The molecule has 1 aromatic heterocycles. The van der Waals surface area contributed by atoms with E-state index in [0.717, 1.165) is 5.56 Å². The highest BCUT2D eigenvalue weighted by molar-refractivity contribution is 5.88. The molecule has 0 amide bonds. The lowest BCUT2D eigenvalue weighted by molar-refractivity contribution is 0.0593. The molecule has 3 nitrogen and oxygen atoms in total. The normalized spacial score (nSPS) is 9.27. The molecule has 0 saturated heterocycles. The third-order valence-corrected chi connectivity index (χ3v) is 1.39. The Labute approximate surface area is 65.0 Å². The largest absolute Gasteiger partial charge is 0.464 e. The molecule has 0 aliphatic heterocycles. The first-order valence-corrected chi connectivity index (χ1v) is 3.25. The van der Waals surface area contributed by atoms with Crippen molar-refractivity contribution in [2.45, 2.75) is 6.92 Å². The number of aromatic nitrogens is 1. The summed E-state index contributed by atoms with van der Waals surface area (Å²) in [4.78, 5) is 14.8. The zero-order valence-electron chi connectivity index (χ0n) is 6.50. The summed E-state index contributed by atoms with van der Waals surface area (Å²) in [6.45, 7) is 1.82. The molecule has 0 bridgehead atoms. The lowest BCUT2D eigenvalue weighted by atomic mass is 10.2. The fourth-order valence-electron chi connectivity index (χ4n) is 0.796. The van der Waals surface area contributed by atoms with E-state index in [1.54, 1.807) is 12.3 Å². The number of esters is 1. The maximum atomic E-state index is 10.9. The SMILES string of the molecule is COC(=O)c1ncccc1C. The van der Waals surface area contributed by atoms with Gasteiger partial charge in [0.05, 0.1) is 7.11 Å². The van der Waals surface area contributed by atoms with Gasteiger partial charge in [0.2, 0.25) is 0 Å². The summed E-state index contributed by atoms with van der Waals surface area (Å²) in [5.74, 6) is -0.386. The van der Waals surface area contributed by atoms with Crippen LogP contribution < -0.4 is 0 Å². The zero-order chi connectivity index (χ0) is 8.27. The van der Waals surface area contributed by atoms with Crippen LogP contribution >= 0.6 is 0 Å². The van der Waals surface area contributed by atoms with Crippen LogP contribution in [0.1, 0.15) is 16.1 Å². The smallest absolute Gasteiger partial charge is 0.356 e. The van der Waals surface area contributed by atoms with E-state index in [-0.39, 0.29) is 5.97 Å². The summed E-state index contributed by atoms with van der Waals surface area (Å²) in [6, 6.07) is 3.60. The van der Waals surface area contributed by atoms with Crippen LogP contribution in [0.2, 0.25) is 0 Å². The quantitative estimate of drug-likeness (QED) is 0.566. The molecule has 0 aliphatic rings. The van der Waals surface area contributed by atoms with Crippen LogP contribution in [0.3, 0.4) is 0 Å². The topological polar surface area (TPSA) is 39.2 Å². The fraction of sp³-hybridized carbons (Fsp3) is 0.250. The van der Waals surface area contributed by atoms with Gasteiger partial charge < -0.3 is 4.74 Å². The number of carbonyl (C=O) groups excluding carboxylic acids is 1. The second kappa shape index (κ2) is 3.14. The zero-order valence-corrected chi connectivity index (χ0v) is 6.50. The van der Waals surface area contributed by atoms with E-state index in [4.69, 9.17) is 0 Å². The molecule has 1 rings (SSSR count). The van der Waals surface area contributed by atoms with E-state index in [9.17, 15) is 4.79 Å². The van der Waals surface area contributed by atoms with Crippen molar-refractivity contribution in [3.8, 4) is 0 Å². The third kappa shape index (κ3) is 1.55. The molecule has 0 unspecified atom stereocenters. The van der Waals surface area contributed by atoms with Crippen LogP contribution in [0.25, 0.3) is 0 Å². The fourth-order valence-corrected chi connectivity index (χ4v) is 0.796. The van der Waals surface area contributed by atoms with E-state index >= 15 is 0 Å². The molecule has 58 valence electrons. The maximum Gasteiger partial charge on any atom is 0.356 e. The lowest BCUT2D eigenvalue weighted by Gasteiger charge is -1.99. The van der Waals surface area contributed by atoms with Crippen LogP contribution in [0.15, 0.2) is 18.3 Å². The van der Waals surface area contributed by atoms with Crippen molar-refractivity contribution >= 4 is 5.97 Å². The third-order valence-electron chi connectivity index (χ3n) is 1.39. The summed E-state index contributed by atoms with van der Waals surface area (Å²) in [5, 5.41) is 0. The van der Waals surface area contributed by atoms with Crippen LogP contribution in [-0.4, -0.2) is 18.1 Å². The predicted molar refractivity (Wildman–Crippen MR) is 40.3 cm³/mol. The number of hydrogen-bond donors (Lipinski definition) is 0. The Morgan fingerprint density at radius 1 is 1.64 bits per heavy atom. The predicted octanol–water partition coefficient (Wildman–Crippen LogP) is 1.18. The average Bonchev–Trinajstić information content (AvgIpc) is 2.04. The number of hydrogen-bond acceptors (Lipinski definition) is 3. The van der Waals surface area contributed by atoms with Crippen molar-refractivity contribution in [1.82, 2.24) is 4.98 Å². The van der Waals surface area contributed by atoms with Gasteiger partial charge in [-0.2, -0.15) is 0 Å². The number of ether oxygens (including phenoxy) is 1. The van der Waals surface area contributed by atoms with Crippen LogP contribution in [-0.2, 0) is 4.74 Å². The number of nitrogens with zero attached hydrogens (tertiary/aromatic N) is 1. The molecule has 0 atom stereocenters. The molecule has 1 heterocycles. The maximum absolute atomic E-state index is 10.9. The van der Waals surface area contributed by atoms with Crippen molar-refractivity contribution in [3.05, 3.63) is 29.6 Å². The summed E-state index contributed by atoms with van der Waals surface area (Å²) in [5.41, 5.74) is 1.22. The molecular weight excluding hydrogens is 142 g/mol. The Morgan fingerprint density at radius 2 is 2.36 bits per heavy atom. The Hall–Kier alpha value is -1.38. The van der Waals surface area contributed by atoms with Gasteiger partial charge in [-0.25, -0.2) is 9.78 Å². The molecule has 0 aromatic carbocycles. The van der Waals surface area contributed by atoms with E-state index in [1.165, 1.54) is 7.11 Å². The first-order valence-electron chi connectivity index (χ1n) is 3.25. The Kier molecular flexibility index (Phi) is 2.21. The van der Waals surface area contributed by atoms with E-state index < -0.39 is 0 Å².